The van der Waals surface area contributed by atoms with Gasteiger partial charge >= 0.3 is 12.1 Å². The topological polar surface area (TPSA) is 66.8 Å². The summed E-state index contributed by atoms with van der Waals surface area (Å²) in [5, 5.41) is 8.61. The molecule has 5 nitrogen and oxygen atoms in total. The number of methoxy groups -OCH3 is 1. The smallest absolute Gasteiger partial charge is 0.406 e. The van der Waals surface area contributed by atoms with E-state index in [1.807, 2.05) is 0 Å². The van der Waals surface area contributed by atoms with E-state index in [1.165, 1.54) is 25.3 Å². The Kier molecular flexibility index (Phi) is 4.95. The highest BCUT2D eigenvalue weighted by molar-refractivity contribution is 5.98. The number of para-hydroxylation sites is 1. The lowest BCUT2D eigenvalue weighted by Gasteiger charge is -2.22. The fourth-order valence-corrected chi connectivity index (χ4v) is 1.57. The van der Waals surface area contributed by atoms with E-state index in [9.17, 15) is 22.8 Å². The Morgan fingerprint density at radius 2 is 1.90 bits per heavy atom. The summed E-state index contributed by atoms with van der Waals surface area (Å²) >= 11 is 0. The number of carbonyl (C=O) groups is 2. The van der Waals surface area contributed by atoms with E-state index in [0.29, 0.717) is 0 Å². The van der Waals surface area contributed by atoms with Crippen LogP contribution >= 0.6 is 0 Å². The van der Waals surface area contributed by atoms with E-state index in [-0.39, 0.29) is 16.2 Å². The molecule has 1 N–H and O–H groups in total. The fourth-order valence-electron chi connectivity index (χ4n) is 1.57. The van der Waals surface area contributed by atoms with E-state index < -0.39 is 31.1 Å². The minimum Gasteiger partial charge on any atom is -0.496 e. The average molecular weight is 291 g/mol. The summed E-state index contributed by atoms with van der Waals surface area (Å²) in [4.78, 5) is 22.8. The van der Waals surface area contributed by atoms with E-state index >= 15 is 0 Å². The Hall–Kier alpha value is -2.25. The lowest BCUT2D eigenvalue weighted by atomic mass is 10.1. The Balaban J connectivity index is 3.06. The highest BCUT2D eigenvalue weighted by atomic mass is 19.4. The summed E-state index contributed by atoms with van der Waals surface area (Å²) in [5.74, 6) is -2.50. The molecule has 0 aliphatic carbocycles. The van der Waals surface area contributed by atoms with Crippen molar-refractivity contribution in [3.63, 3.8) is 0 Å². The molecule has 0 aliphatic heterocycles. The minimum absolute atomic E-state index is 0.0788. The van der Waals surface area contributed by atoms with Gasteiger partial charge in [-0.1, -0.05) is 12.1 Å². The van der Waals surface area contributed by atoms with Crippen molar-refractivity contribution in [2.24, 2.45) is 0 Å². The van der Waals surface area contributed by atoms with Crippen molar-refractivity contribution in [2.75, 3.05) is 20.2 Å². The Bertz CT molecular complexity index is 502. The predicted octanol–water partition coefficient (Wildman–Crippen LogP) is 1.78. The summed E-state index contributed by atoms with van der Waals surface area (Å²) in [6.45, 7) is -2.69. The zero-order chi connectivity index (χ0) is 15.3. The number of carboxylic acids is 1. The first-order chi connectivity index (χ1) is 9.24. The highest BCUT2D eigenvalue weighted by Crippen LogP contribution is 2.22. The van der Waals surface area contributed by atoms with Gasteiger partial charge in [-0.15, -0.1) is 0 Å². The number of benzene rings is 1. The molecule has 1 amide bonds. The molecular weight excluding hydrogens is 279 g/mol. The van der Waals surface area contributed by atoms with Crippen LogP contribution in [-0.4, -0.2) is 48.3 Å². The molecule has 0 spiro atoms. The number of amides is 1. The minimum atomic E-state index is -4.69. The molecule has 0 aliphatic rings. The van der Waals surface area contributed by atoms with Gasteiger partial charge in [-0.3, -0.25) is 9.59 Å². The number of carboxylic acid groups (broad SMARTS) is 1. The number of alkyl halides is 3. The Labute approximate surface area is 112 Å². The molecule has 8 heteroatoms. The maximum Gasteiger partial charge on any atom is 0.406 e. The average Bonchev–Trinajstić information content (AvgIpc) is 2.35. The van der Waals surface area contributed by atoms with Crippen molar-refractivity contribution in [3.8, 4) is 5.75 Å². The van der Waals surface area contributed by atoms with E-state index in [0.717, 1.165) is 0 Å². The van der Waals surface area contributed by atoms with E-state index in [4.69, 9.17) is 9.84 Å². The molecule has 110 valence electrons. The van der Waals surface area contributed by atoms with Gasteiger partial charge in [0.15, 0.2) is 0 Å². The quantitative estimate of drug-likeness (QED) is 0.898. The molecule has 1 aromatic carbocycles. The Morgan fingerprint density at radius 1 is 1.30 bits per heavy atom. The lowest BCUT2D eigenvalue weighted by Crippen LogP contribution is -2.42. The number of carbonyl (C=O) groups excluding carboxylic acids is 1. The number of hydrogen-bond donors (Lipinski definition) is 1. The molecule has 0 unspecified atom stereocenters. The normalized spacial score (nSPS) is 11.0. The second kappa shape index (κ2) is 6.27. The molecule has 1 rings (SSSR count). The standard InChI is InChI=1S/C12H12F3NO4/c1-20-9-5-3-2-4-8(9)11(19)16(6-10(17)18)7-12(13,14)15/h2-5H,6-7H2,1H3,(H,17,18). The summed E-state index contributed by atoms with van der Waals surface area (Å²) in [6, 6.07) is 5.66. The molecule has 0 atom stereocenters. The van der Waals surface area contributed by atoms with E-state index in [2.05, 4.69) is 0 Å². The van der Waals surface area contributed by atoms with Crippen LogP contribution < -0.4 is 4.74 Å². The molecule has 0 saturated carbocycles. The molecule has 1 aromatic rings. The third-order valence-electron chi connectivity index (χ3n) is 2.32. The number of aliphatic carboxylic acids is 1. The van der Waals surface area contributed by atoms with Crippen LogP contribution in [0.15, 0.2) is 24.3 Å². The molecular formula is C12H12F3NO4. The van der Waals surface area contributed by atoms with Crippen LogP contribution in [0.1, 0.15) is 10.4 Å². The van der Waals surface area contributed by atoms with Gasteiger partial charge in [0.1, 0.15) is 18.8 Å². The van der Waals surface area contributed by atoms with Gasteiger partial charge in [0.25, 0.3) is 5.91 Å². The number of rotatable bonds is 5. The predicted molar refractivity (Wildman–Crippen MR) is 62.6 cm³/mol. The van der Waals surface area contributed by atoms with Crippen LogP contribution in [0.3, 0.4) is 0 Å². The van der Waals surface area contributed by atoms with Crippen LogP contribution in [0.2, 0.25) is 0 Å². The van der Waals surface area contributed by atoms with Crippen molar-refractivity contribution in [2.45, 2.75) is 6.18 Å². The van der Waals surface area contributed by atoms with Crippen LogP contribution in [0.25, 0.3) is 0 Å². The van der Waals surface area contributed by atoms with Crippen LogP contribution in [-0.2, 0) is 4.79 Å². The van der Waals surface area contributed by atoms with Crippen molar-refractivity contribution in [1.82, 2.24) is 4.90 Å². The molecule has 0 saturated heterocycles. The van der Waals surface area contributed by atoms with Gasteiger partial charge in [0.05, 0.1) is 12.7 Å². The van der Waals surface area contributed by atoms with Crippen molar-refractivity contribution in [3.05, 3.63) is 29.8 Å². The SMILES string of the molecule is COc1ccccc1C(=O)N(CC(=O)O)CC(F)(F)F. The number of nitrogens with zero attached hydrogens (tertiary/aromatic N) is 1. The maximum atomic E-state index is 12.4. The summed E-state index contributed by atoms with van der Waals surface area (Å²) in [7, 11) is 1.26. The van der Waals surface area contributed by atoms with Gasteiger partial charge in [0.2, 0.25) is 0 Å². The van der Waals surface area contributed by atoms with Gasteiger partial charge in [-0.2, -0.15) is 13.2 Å². The molecule has 0 fully saturated rings. The van der Waals surface area contributed by atoms with Crippen LogP contribution in [0.5, 0.6) is 5.75 Å². The number of hydrogen-bond acceptors (Lipinski definition) is 3. The lowest BCUT2D eigenvalue weighted by molar-refractivity contribution is -0.149. The van der Waals surface area contributed by atoms with Gasteiger partial charge in [-0.25, -0.2) is 0 Å². The number of halogens is 3. The molecule has 0 radical (unpaired) electrons. The second-order valence-electron chi connectivity index (χ2n) is 3.87. The van der Waals surface area contributed by atoms with Gasteiger partial charge < -0.3 is 14.7 Å². The second-order valence-corrected chi connectivity index (χ2v) is 3.87. The molecule has 0 aromatic heterocycles. The zero-order valence-electron chi connectivity index (χ0n) is 10.5. The summed E-state index contributed by atoms with van der Waals surface area (Å²) < 4.78 is 42.1. The van der Waals surface area contributed by atoms with Crippen molar-refractivity contribution in [1.29, 1.82) is 0 Å². The molecule has 20 heavy (non-hydrogen) atoms. The maximum absolute atomic E-state index is 12.4. The van der Waals surface area contributed by atoms with Gasteiger partial charge in [-0.05, 0) is 12.1 Å². The largest absolute Gasteiger partial charge is 0.496 e. The molecule has 0 heterocycles. The first-order valence-electron chi connectivity index (χ1n) is 5.45. The monoisotopic (exact) mass is 291 g/mol. The third kappa shape index (κ3) is 4.45. The fraction of sp³-hybridized carbons (Fsp3) is 0.333. The zero-order valence-corrected chi connectivity index (χ0v) is 10.5. The van der Waals surface area contributed by atoms with E-state index in [1.54, 1.807) is 6.07 Å². The highest BCUT2D eigenvalue weighted by Gasteiger charge is 2.35. The summed E-state index contributed by atoms with van der Waals surface area (Å²) in [6.07, 6.45) is -4.69. The Morgan fingerprint density at radius 3 is 2.40 bits per heavy atom. The van der Waals surface area contributed by atoms with Crippen LogP contribution in [0.4, 0.5) is 13.2 Å². The first-order valence-corrected chi connectivity index (χ1v) is 5.45. The van der Waals surface area contributed by atoms with Crippen molar-refractivity contribution < 1.29 is 32.6 Å². The van der Waals surface area contributed by atoms with Gasteiger partial charge in [0, 0.05) is 0 Å². The summed E-state index contributed by atoms with van der Waals surface area (Å²) in [5.41, 5.74) is -0.125. The third-order valence-corrected chi connectivity index (χ3v) is 2.32. The number of ether oxygens (including phenoxy) is 1. The van der Waals surface area contributed by atoms with Crippen LogP contribution in [0, 0.1) is 0 Å². The molecule has 0 bridgehead atoms. The van der Waals surface area contributed by atoms with Crippen molar-refractivity contribution >= 4 is 11.9 Å². The first kappa shape index (κ1) is 15.8.